The van der Waals surface area contributed by atoms with E-state index >= 15 is 0 Å². The number of H-pyrrole nitrogens is 1. The fraction of sp³-hybridized carbons (Fsp3) is 0.250. The van der Waals surface area contributed by atoms with Gasteiger partial charge in [0.05, 0.1) is 6.07 Å². The molecule has 15 heavy (non-hydrogen) atoms. The number of aromatic nitrogens is 1. The van der Waals surface area contributed by atoms with Crippen LogP contribution in [-0.4, -0.2) is 12.0 Å². The van der Waals surface area contributed by atoms with Gasteiger partial charge in [-0.25, -0.2) is 0 Å². The van der Waals surface area contributed by atoms with Crippen LogP contribution in [0, 0.1) is 18.3 Å². The van der Waals surface area contributed by atoms with Crippen molar-refractivity contribution in [2.75, 3.05) is 7.05 Å². The molecule has 1 unspecified atom stereocenters. The largest absolute Gasteiger partial charge is 0.358 e. The van der Waals surface area contributed by atoms with Crippen LogP contribution in [-0.2, 0) is 0 Å². The number of nitriles is 1. The van der Waals surface area contributed by atoms with Crippen LogP contribution in [0.2, 0.25) is 0 Å². The summed E-state index contributed by atoms with van der Waals surface area (Å²) in [6.45, 7) is 2.00. The molecule has 1 aromatic carbocycles. The van der Waals surface area contributed by atoms with Crippen molar-refractivity contribution in [2.45, 2.75) is 13.0 Å². The van der Waals surface area contributed by atoms with Gasteiger partial charge < -0.3 is 10.3 Å². The van der Waals surface area contributed by atoms with Crippen LogP contribution in [0.1, 0.15) is 17.3 Å². The maximum Gasteiger partial charge on any atom is 0.123 e. The first-order valence-corrected chi connectivity index (χ1v) is 4.92. The molecule has 0 aliphatic carbocycles. The number of nitrogens with one attached hydrogen (secondary N) is 2. The molecule has 3 heteroatoms. The van der Waals surface area contributed by atoms with Gasteiger partial charge in [0.25, 0.3) is 0 Å². The zero-order valence-electron chi connectivity index (χ0n) is 8.83. The van der Waals surface area contributed by atoms with Crippen molar-refractivity contribution in [3.63, 3.8) is 0 Å². The summed E-state index contributed by atoms with van der Waals surface area (Å²) in [5, 5.41) is 13.2. The highest BCUT2D eigenvalue weighted by Crippen LogP contribution is 2.26. The lowest BCUT2D eigenvalue weighted by Gasteiger charge is -2.07. The second-order valence-electron chi connectivity index (χ2n) is 3.56. The molecular formula is C12H13N3. The fourth-order valence-electron chi connectivity index (χ4n) is 1.94. The molecule has 0 aliphatic rings. The summed E-state index contributed by atoms with van der Waals surface area (Å²) in [4.78, 5) is 3.29. The van der Waals surface area contributed by atoms with Crippen LogP contribution in [0.4, 0.5) is 0 Å². The molecule has 1 heterocycles. The molecule has 2 N–H and O–H groups in total. The zero-order chi connectivity index (χ0) is 10.8. The smallest absolute Gasteiger partial charge is 0.123 e. The standard InChI is InChI=1S/C12H13N3/c1-8-12(11(7-13)14-2)9-5-3-4-6-10(9)15-8/h3-6,11,14-15H,1-2H3. The molecular weight excluding hydrogens is 186 g/mol. The van der Waals surface area contributed by atoms with Gasteiger partial charge >= 0.3 is 0 Å². The summed E-state index contributed by atoms with van der Waals surface area (Å²) >= 11 is 0. The van der Waals surface area contributed by atoms with Crippen LogP contribution < -0.4 is 5.32 Å². The average Bonchev–Trinajstić information content (AvgIpc) is 2.58. The van der Waals surface area contributed by atoms with Gasteiger partial charge in [-0.1, -0.05) is 18.2 Å². The number of aryl methyl sites for hydroxylation is 1. The second kappa shape index (κ2) is 3.76. The Morgan fingerprint density at radius 1 is 1.40 bits per heavy atom. The van der Waals surface area contributed by atoms with Crippen molar-refractivity contribution in [1.82, 2.24) is 10.3 Å². The van der Waals surface area contributed by atoms with Crippen LogP contribution in [0.25, 0.3) is 10.9 Å². The lowest BCUT2D eigenvalue weighted by molar-refractivity contribution is 0.727. The van der Waals surface area contributed by atoms with Gasteiger partial charge in [0.2, 0.25) is 0 Å². The zero-order valence-corrected chi connectivity index (χ0v) is 8.83. The summed E-state index contributed by atoms with van der Waals surface area (Å²) in [7, 11) is 1.80. The van der Waals surface area contributed by atoms with Crippen LogP contribution in [0.5, 0.6) is 0 Å². The number of hydrogen-bond acceptors (Lipinski definition) is 2. The predicted octanol–water partition coefficient (Wildman–Crippen LogP) is 2.26. The third-order valence-electron chi connectivity index (χ3n) is 2.65. The highest BCUT2D eigenvalue weighted by Gasteiger charge is 2.16. The van der Waals surface area contributed by atoms with Gasteiger partial charge in [0.1, 0.15) is 6.04 Å². The third-order valence-corrected chi connectivity index (χ3v) is 2.65. The molecule has 0 saturated carbocycles. The maximum atomic E-state index is 9.06. The minimum atomic E-state index is -0.249. The lowest BCUT2D eigenvalue weighted by atomic mass is 10.0. The van der Waals surface area contributed by atoms with Gasteiger partial charge in [0.15, 0.2) is 0 Å². The van der Waals surface area contributed by atoms with Gasteiger partial charge in [-0.15, -0.1) is 0 Å². The second-order valence-corrected chi connectivity index (χ2v) is 3.56. The van der Waals surface area contributed by atoms with E-state index in [1.807, 2.05) is 31.2 Å². The average molecular weight is 199 g/mol. The molecule has 0 radical (unpaired) electrons. The highest BCUT2D eigenvalue weighted by molar-refractivity contribution is 5.85. The Kier molecular flexibility index (Phi) is 2.44. The van der Waals surface area contributed by atoms with Crippen molar-refractivity contribution in [2.24, 2.45) is 0 Å². The molecule has 3 nitrogen and oxygen atoms in total. The van der Waals surface area contributed by atoms with E-state index in [1.54, 1.807) is 7.05 Å². The van der Waals surface area contributed by atoms with E-state index in [9.17, 15) is 0 Å². The summed E-state index contributed by atoms with van der Waals surface area (Å²) in [5.74, 6) is 0. The molecule has 0 aliphatic heterocycles. The van der Waals surface area contributed by atoms with E-state index in [0.717, 1.165) is 22.2 Å². The Bertz CT molecular complexity index is 519. The van der Waals surface area contributed by atoms with E-state index in [0.29, 0.717) is 0 Å². The molecule has 0 bridgehead atoms. The molecule has 0 fully saturated rings. The van der Waals surface area contributed by atoms with Gasteiger partial charge in [-0.2, -0.15) is 5.26 Å². The monoisotopic (exact) mass is 199 g/mol. The Morgan fingerprint density at radius 2 is 2.13 bits per heavy atom. The Labute approximate surface area is 88.7 Å². The van der Waals surface area contributed by atoms with E-state index in [-0.39, 0.29) is 6.04 Å². The first-order chi connectivity index (χ1) is 7.27. The van der Waals surface area contributed by atoms with E-state index in [4.69, 9.17) is 5.26 Å². The van der Waals surface area contributed by atoms with Crippen molar-refractivity contribution < 1.29 is 0 Å². The molecule has 2 aromatic rings. The predicted molar refractivity (Wildman–Crippen MR) is 60.4 cm³/mol. The van der Waals surface area contributed by atoms with Crippen LogP contribution in [0.15, 0.2) is 24.3 Å². The Balaban J connectivity index is 2.69. The number of nitrogens with zero attached hydrogens (tertiary/aromatic N) is 1. The van der Waals surface area contributed by atoms with Gasteiger partial charge in [-0.3, -0.25) is 0 Å². The van der Waals surface area contributed by atoms with Crippen molar-refractivity contribution in [1.29, 1.82) is 5.26 Å². The number of hydrogen-bond donors (Lipinski definition) is 2. The highest BCUT2D eigenvalue weighted by atomic mass is 14.9. The molecule has 1 aromatic heterocycles. The van der Waals surface area contributed by atoms with Crippen molar-refractivity contribution in [3.05, 3.63) is 35.5 Å². The summed E-state index contributed by atoms with van der Waals surface area (Å²) in [6, 6.07) is 10.0. The lowest BCUT2D eigenvalue weighted by Crippen LogP contribution is -2.14. The van der Waals surface area contributed by atoms with E-state index in [2.05, 4.69) is 16.4 Å². The minimum Gasteiger partial charge on any atom is -0.358 e. The Hall–Kier alpha value is -1.79. The summed E-state index contributed by atoms with van der Waals surface area (Å²) in [6.07, 6.45) is 0. The van der Waals surface area contributed by atoms with Gasteiger partial charge in [0, 0.05) is 22.2 Å². The van der Waals surface area contributed by atoms with Crippen LogP contribution >= 0.6 is 0 Å². The molecule has 2 rings (SSSR count). The molecule has 76 valence electrons. The molecule has 1 atom stereocenters. The summed E-state index contributed by atoms with van der Waals surface area (Å²) in [5.41, 5.74) is 3.19. The maximum absolute atomic E-state index is 9.06. The fourth-order valence-corrected chi connectivity index (χ4v) is 1.94. The number of fused-ring (bicyclic) bond motifs is 1. The number of rotatable bonds is 2. The number of para-hydroxylation sites is 1. The van der Waals surface area contributed by atoms with E-state index in [1.165, 1.54) is 0 Å². The normalized spacial score (nSPS) is 12.6. The molecule has 0 saturated heterocycles. The molecule has 0 amide bonds. The first-order valence-electron chi connectivity index (χ1n) is 4.92. The first kappa shape index (κ1) is 9.75. The SMILES string of the molecule is CNC(C#N)c1c(C)[nH]c2ccccc12. The number of aromatic amines is 1. The van der Waals surface area contributed by atoms with Crippen LogP contribution in [0.3, 0.4) is 0 Å². The minimum absolute atomic E-state index is 0.249. The quantitative estimate of drug-likeness (QED) is 0.779. The Morgan fingerprint density at radius 3 is 2.80 bits per heavy atom. The van der Waals surface area contributed by atoms with E-state index < -0.39 is 0 Å². The number of benzene rings is 1. The molecule has 0 spiro atoms. The van der Waals surface area contributed by atoms with Gasteiger partial charge in [-0.05, 0) is 20.0 Å². The summed E-state index contributed by atoms with van der Waals surface area (Å²) < 4.78 is 0. The van der Waals surface area contributed by atoms with Crippen molar-refractivity contribution >= 4 is 10.9 Å². The third kappa shape index (κ3) is 1.49. The topological polar surface area (TPSA) is 51.6 Å². The van der Waals surface area contributed by atoms with Crippen molar-refractivity contribution in [3.8, 4) is 6.07 Å².